The standard InChI is InChI=1S/C12H12BrNO/c13-12-7-10(14-8-15)5-6-11(12)9-3-1-2-4-9/h5-7,9H,1-4H2. The fourth-order valence-electron chi connectivity index (χ4n) is 2.21. The van der Waals surface area contributed by atoms with Crippen LogP contribution in [0.1, 0.15) is 37.2 Å². The minimum Gasteiger partial charge on any atom is -0.211 e. The smallest absolute Gasteiger partial charge is 0.211 e. The molecule has 0 amide bonds. The van der Waals surface area contributed by atoms with Crippen molar-refractivity contribution in [1.82, 2.24) is 0 Å². The monoisotopic (exact) mass is 265 g/mol. The Hall–Kier alpha value is -0.920. The van der Waals surface area contributed by atoms with Crippen LogP contribution in [0.15, 0.2) is 27.7 Å². The summed E-state index contributed by atoms with van der Waals surface area (Å²) in [5.41, 5.74) is 2.01. The first-order valence-electron chi connectivity index (χ1n) is 5.18. The van der Waals surface area contributed by atoms with Crippen molar-refractivity contribution < 1.29 is 4.79 Å². The second kappa shape index (κ2) is 4.73. The van der Waals surface area contributed by atoms with E-state index in [1.165, 1.54) is 31.2 Å². The van der Waals surface area contributed by atoms with E-state index in [0.717, 1.165) is 4.47 Å². The Morgan fingerprint density at radius 3 is 2.67 bits per heavy atom. The fraction of sp³-hybridized carbons (Fsp3) is 0.417. The predicted molar refractivity (Wildman–Crippen MR) is 63.1 cm³/mol. The van der Waals surface area contributed by atoms with Gasteiger partial charge in [-0.05, 0) is 36.5 Å². The number of benzene rings is 1. The van der Waals surface area contributed by atoms with Gasteiger partial charge in [0.15, 0.2) is 0 Å². The zero-order valence-corrected chi connectivity index (χ0v) is 9.96. The third kappa shape index (κ3) is 2.36. The maximum absolute atomic E-state index is 10.1. The van der Waals surface area contributed by atoms with Crippen LogP contribution in [0.4, 0.5) is 5.69 Å². The molecule has 15 heavy (non-hydrogen) atoms. The van der Waals surface area contributed by atoms with Crippen LogP contribution in [0.3, 0.4) is 0 Å². The minimum absolute atomic E-state index is 0.665. The molecule has 0 aromatic heterocycles. The molecule has 1 aromatic carbocycles. The Morgan fingerprint density at radius 1 is 1.33 bits per heavy atom. The van der Waals surface area contributed by atoms with Crippen LogP contribution in [0.25, 0.3) is 0 Å². The first-order valence-corrected chi connectivity index (χ1v) is 5.98. The molecule has 0 bridgehead atoms. The van der Waals surface area contributed by atoms with E-state index in [4.69, 9.17) is 0 Å². The Morgan fingerprint density at radius 2 is 2.07 bits per heavy atom. The van der Waals surface area contributed by atoms with Gasteiger partial charge in [0.1, 0.15) is 0 Å². The SMILES string of the molecule is O=C=Nc1ccc(C2CCCC2)c(Br)c1. The Balaban J connectivity index is 2.29. The van der Waals surface area contributed by atoms with Gasteiger partial charge in [0.2, 0.25) is 6.08 Å². The molecule has 0 aliphatic heterocycles. The molecule has 1 fully saturated rings. The third-order valence-corrected chi connectivity index (χ3v) is 3.64. The highest BCUT2D eigenvalue weighted by Gasteiger charge is 2.19. The molecule has 0 unspecified atom stereocenters. The Labute approximate surface area is 97.5 Å². The van der Waals surface area contributed by atoms with Gasteiger partial charge in [0, 0.05) is 4.47 Å². The van der Waals surface area contributed by atoms with Gasteiger partial charge in [-0.3, -0.25) is 0 Å². The van der Waals surface area contributed by atoms with Gasteiger partial charge in [-0.1, -0.05) is 34.8 Å². The molecule has 2 rings (SSSR count). The number of nitrogens with zero attached hydrogens (tertiary/aromatic N) is 1. The molecule has 0 spiro atoms. The van der Waals surface area contributed by atoms with E-state index >= 15 is 0 Å². The molecule has 2 nitrogen and oxygen atoms in total. The summed E-state index contributed by atoms with van der Waals surface area (Å²) in [6, 6.07) is 5.83. The van der Waals surface area contributed by atoms with Crippen LogP contribution >= 0.6 is 15.9 Å². The highest BCUT2D eigenvalue weighted by atomic mass is 79.9. The predicted octanol–water partition coefficient (Wildman–Crippen LogP) is 4.07. The zero-order chi connectivity index (χ0) is 10.7. The summed E-state index contributed by atoms with van der Waals surface area (Å²) < 4.78 is 1.06. The lowest BCUT2D eigenvalue weighted by molar-refractivity contribution is 0.565. The van der Waals surface area contributed by atoms with Crippen molar-refractivity contribution in [2.75, 3.05) is 0 Å². The average molecular weight is 266 g/mol. The van der Waals surface area contributed by atoms with Crippen molar-refractivity contribution in [2.24, 2.45) is 4.99 Å². The molecule has 1 aliphatic rings. The molecule has 0 heterocycles. The van der Waals surface area contributed by atoms with Crippen molar-refractivity contribution in [3.63, 3.8) is 0 Å². The molecular formula is C12H12BrNO. The fourth-order valence-corrected chi connectivity index (χ4v) is 2.90. The summed E-state index contributed by atoms with van der Waals surface area (Å²) in [4.78, 5) is 13.7. The zero-order valence-electron chi connectivity index (χ0n) is 8.37. The van der Waals surface area contributed by atoms with Gasteiger partial charge >= 0.3 is 0 Å². The second-order valence-electron chi connectivity index (χ2n) is 3.89. The molecule has 0 saturated heterocycles. The molecule has 0 N–H and O–H groups in total. The number of isocyanates is 1. The maximum atomic E-state index is 10.1. The van der Waals surface area contributed by atoms with E-state index in [2.05, 4.69) is 27.0 Å². The van der Waals surface area contributed by atoms with Crippen LogP contribution < -0.4 is 0 Å². The van der Waals surface area contributed by atoms with E-state index in [9.17, 15) is 4.79 Å². The van der Waals surface area contributed by atoms with Gasteiger partial charge in [-0.15, -0.1) is 0 Å². The van der Waals surface area contributed by atoms with Gasteiger partial charge in [0.05, 0.1) is 5.69 Å². The highest BCUT2D eigenvalue weighted by Crippen LogP contribution is 2.38. The van der Waals surface area contributed by atoms with Gasteiger partial charge in [-0.2, -0.15) is 4.99 Å². The average Bonchev–Trinajstić information content (AvgIpc) is 2.71. The summed E-state index contributed by atoms with van der Waals surface area (Å²) in [5, 5.41) is 0. The van der Waals surface area contributed by atoms with E-state index in [1.54, 1.807) is 6.08 Å². The highest BCUT2D eigenvalue weighted by molar-refractivity contribution is 9.10. The molecule has 1 aromatic rings. The number of carbonyl (C=O) groups excluding carboxylic acids is 1. The van der Waals surface area contributed by atoms with Crippen LogP contribution in [0.2, 0.25) is 0 Å². The Kier molecular flexibility index (Phi) is 3.34. The largest absolute Gasteiger partial charge is 0.240 e. The number of hydrogen-bond acceptors (Lipinski definition) is 2. The van der Waals surface area contributed by atoms with Crippen molar-refractivity contribution in [3.05, 3.63) is 28.2 Å². The lowest BCUT2D eigenvalue weighted by Gasteiger charge is -2.11. The molecule has 78 valence electrons. The minimum atomic E-state index is 0.665. The third-order valence-electron chi connectivity index (χ3n) is 2.95. The molecule has 1 saturated carbocycles. The maximum Gasteiger partial charge on any atom is 0.240 e. The second-order valence-corrected chi connectivity index (χ2v) is 4.74. The quantitative estimate of drug-likeness (QED) is 0.586. The van der Waals surface area contributed by atoms with Gasteiger partial charge in [-0.25, -0.2) is 4.79 Å². The van der Waals surface area contributed by atoms with E-state index < -0.39 is 0 Å². The summed E-state index contributed by atoms with van der Waals surface area (Å²) in [6.45, 7) is 0. The number of halogens is 1. The van der Waals surface area contributed by atoms with Crippen LogP contribution in [-0.4, -0.2) is 6.08 Å². The lowest BCUT2D eigenvalue weighted by atomic mass is 9.98. The number of aliphatic imine (C=N–C) groups is 1. The van der Waals surface area contributed by atoms with E-state index in [0.29, 0.717) is 11.6 Å². The lowest BCUT2D eigenvalue weighted by Crippen LogP contribution is -1.92. The van der Waals surface area contributed by atoms with Crippen LogP contribution in [0.5, 0.6) is 0 Å². The number of hydrogen-bond donors (Lipinski definition) is 0. The normalized spacial score (nSPS) is 16.3. The van der Waals surface area contributed by atoms with Crippen LogP contribution in [-0.2, 0) is 4.79 Å². The summed E-state index contributed by atoms with van der Waals surface area (Å²) in [5.74, 6) is 0.675. The molecule has 1 aliphatic carbocycles. The van der Waals surface area contributed by atoms with Crippen molar-refractivity contribution in [1.29, 1.82) is 0 Å². The molecule has 3 heteroatoms. The van der Waals surface area contributed by atoms with Crippen molar-refractivity contribution in [2.45, 2.75) is 31.6 Å². The van der Waals surface area contributed by atoms with Crippen molar-refractivity contribution >= 4 is 27.7 Å². The first kappa shape index (κ1) is 10.6. The summed E-state index contributed by atoms with van der Waals surface area (Å²) in [6.07, 6.45) is 6.75. The Bertz CT molecular complexity index is 404. The topological polar surface area (TPSA) is 29.4 Å². The molecule has 0 radical (unpaired) electrons. The molecular weight excluding hydrogens is 254 g/mol. The van der Waals surface area contributed by atoms with Gasteiger partial charge < -0.3 is 0 Å². The van der Waals surface area contributed by atoms with Gasteiger partial charge in [0.25, 0.3) is 0 Å². The summed E-state index contributed by atoms with van der Waals surface area (Å²) in [7, 11) is 0. The number of rotatable bonds is 2. The molecule has 0 atom stereocenters. The van der Waals surface area contributed by atoms with E-state index in [-0.39, 0.29) is 0 Å². The summed E-state index contributed by atoms with van der Waals surface area (Å²) >= 11 is 3.54. The van der Waals surface area contributed by atoms with Crippen molar-refractivity contribution in [3.8, 4) is 0 Å². The van der Waals surface area contributed by atoms with E-state index in [1.807, 2.05) is 12.1 Å². The van der Waals surface area contributed by atoms with Crippen LogP contribution in [0, 0.1) is 0 Å². The first-order chi connectivity index (χ1) is 7.31.